The largest absolute Gasteiger partial charge is 0.492 e. The Kier molecular flexibility index (Phi) is 5.60. The van der Waals surface area contributed by atoms with Crippen LogP contribution in [-0.2, 0) is 11.8 Å². The zero-order valence-corrected chi connectivity index (χ0v) is 15.5. The molecule has 1 heterocycles. The van der Waals surface area contributed by atoms with Gasteiger partial charge in [0.05, 0.1) is 12.1 Å². The van der Waals surface area contributed by atoms with Crippen molar-refractivity contribution in [3.8, 4) is 11.5 Å². The molecule has 0 spiro atoms. The monoisotopic (exact) mass is 402 g/mol. The van der Waals surface area contributed by atoms with E-state index in [0.29, 0.717) is 18.9 Å². The molecule has 0 fully saturated rings. The number of nitrogens with one attached hydrogen (secondary N) is 1. The first-order chi connectivity index (χ1) is 12.1. The Morgan fingerprint density at radius 3 is 2.72 bits per heavy atom. The summed E-state index contributed by atoms with van der Waals surface area (Å²) >= 11 is 3.37. The van der Waals surface area contributed by atoms with Crippen LogP contribution in [0.5, 0.6) is 11.5 Å². The van der Waals surface area contributed by atoms with Crippen molar-refractivity contribution in [2.24, 2.45) is 7.05 Å². The maximum atomic E-state index is 11.9. The Bertz CT molecular complexity index is 859. The predicted molar refractivity (Wildman–Crippen MR) is 101 cm³/mol. The molecule has 3 rings (SSSR count). The van der Waals surface area contributed by atoms with Crippen LogP contribution in [0.1, 0.15) is 0 Å². The van der Waals surface area contributed by atoms with Crippen LogP contribution >= 0.6 is 15.9 Å². The number of carbonyl (C=O) groups excluding carboxylic acids is 1. The lowest BCUT2D eigenvalue weighted by atomic mass is 10.2. The SMILES string of the molecule is Cn1ccc2c(OCC(=O)NCCOc3ccc(Br)cc3)cccc21. The standard InChI is InChI=1S/C19H19BrN2O3/c1-22-11-9-16-17(22)3-2-4-18(16)25-13-19(23)21-10-12-24-15-7-5-14(20)6-8-15/h2-9,11H,10,12-13H2,1H3,(H,21,23). The summed E-state index contributed by atoms with van der Waals surface area (Å²) in [6.07, 6.45) is 1.97. The van der Waals surface area contributed by atoms with Gasteiger partial charge < -0.3 is 19.4 Å². The Morgan fingerprint density at radius 2 is 1.92 bits per heavy atom. The number of fused-ring (bicyclic) bond motifs is 1. The van der Waals surface area contributed by atoms with Crippen molar-refractivity contribution >= 4 is 32.7 Å². The summed E-state index contributed by atoms with van der Waals surface area (Å²) in [6, 6.07) is 15.3. The molecule has 3 aromatic rings. The summed E-state index contributed by atoms with van der Waals surface area (Å²) in [5.41, 5.74) is 1.07. The molecule has 0 atom stereocenters. The molecule has 0 bridgehead atoms. The number of aromatic nitrogens is 1. The van der Waals surface area contributed by atoms with Crippen LogP contribution in [0.15, 0.2) is 59.2 Å². The van der Waals surface area contributed by atoms with E-state index in [1.165, 1.54) is 0 Å². The Labute approximate surface area is 154 Å². The first-order valence-corrected chi connectivity index (χ1v) is 8.75. The highest BCUT2D eigenvalue weighted by molar-refractivity contribution is 9.10. The van der Waals surface area contributed by atoms with Gasteiger partial charge >= 0.3 is 0 Å². The molecule has 130 valence electrons. The molecule has 0 aliphatic carbocycles. The number of amides is 1. The van der Waals surface area contributed by atoms with Gasteiger partial charge in [-0.2, -0.15) is 0 Å². The van der Waals surface area contributed by atoms with Crippen LogP contribution in [0.4, 0.5) is 0 Å². The minimum Gasteiger partial charge on any atom is -0.492 e. The van der Waals surface area contributed by atoms with E-state index in [2.05, 4.69) is 21.2 Å². The molecular formula is C19H19BrN2O3. The molecule has 0 unspecified atom stereocenters. The molecule has 2 aromatic carbocycles. The van der Waals surface area contributed by atoms with Crippen molar-refractivity contribution in [2.45, 2.75) is 0 Å². The zero-order chi connectivity index (χ0) is 17.6. The van der Waals surface area contributed by atoms with Gasteiger partial charge in [-0.25, -0.2) is 0 Å². The van der Waals surface area contributed by atoms with Crippen LogP contribution in [0.3, 0.4) is 0 Å². The molecule has 0 saturated carbocycles. The lowest BCUT2D eigenvalue weighted by molar-refractivity contribution is -0.123. The highest BCUT2D eigenvalue weighted by Crippen LogP contribution is 2.25. The van der Waals surface area contributed by atoms with Gasteiger partial charge in [0.2, 0.25) is 0 Å². The van der Waals surface area contributed by atoms with Crippen molar-refractivity contribution in [1.82, 2.24) is 9.88 Å². The van der Waals surface area contributed by atoms with Gasteiger partial charge in [-0.3, -0.25) is 4.79 Å². The molecule has 0 aliphatic rings. The van der Waals surface area contributed by atoms with Gasteiger partial charge in [-0.15, -0.1) is 0 Å². The number of rotatable bonds is 7. The van der Waals surface area contributed by atoms with E-state index in [4.69, 9.17) is 9.47 Å². The molecule has 25 heavy (non-hydrogen) atoms. The lowest BCUT2D eigenvalue weighted by Gasteiger charge is -2.10. The average molecular weight is 403 g/mol. The van der Waals surface area contributed by atoms with Gasteiger partial charge in [-0.1, -0.05) is 22.0 Å². The number of aryl methyl sites for hydroxylation is 1. The average Bonchev–Trinajstić information content (AvgIpc) is 3.00. The number of hydrogen-bond donors (Lipinski definition) is 1. The molecule has 6 heteroatoms. The topological polar surface area (TPSA) is 52.5 Å². The molecule has 5 nitrogen and oxygen atoms in total. The maximum absolute atomic E-state index is 11.9. The molecule has 0 radical (unpaired) electrons. The second-order valence-corrected chi connectivity index (χ2v) is 6.47. The summed E-state index contributed by atoms with van der Waals surface area (Å²) in [4.78, 5) is 11.9. The third kappa shape index (κ3) is 4.54. The summed E-state index contributed by atoms with van der Waals surface area (Å²) in [7, 11) is 1.98. The van der Waals surface area contributed by atoms with Crippen molar-refractivity contribution in [3.63, 3.8) is 0 Å². The van der Waals surface area contributed by atoms with E-state index in [-0.39, 0.29) is 12.5 Å². The van der Waals surface area contributed by atoms with Crippen LogP contribution in [-0.4, -0.2) is 30.2 Å². The smallest absolute Gasteiger partial charge is 0.258 e. The lowest BCUT2D eigenvalue weighted by Crippen LogP contribution is -2.32. The van der Waals surface area contributed by atoms with Crippen LogP contribution in [0.2, 0.25) is 0 Å². The van der Waals surface area contributed by atoms with Crippen LogP contribution in [0.25, 0.3) is 10.9 Å². The number of ether oxygens (including phenoxy) is 2. The highest BCUT2D eigenvalue weighted by atomic mass is 79.9. The van der Waals surface area contributed by atoms with E-state index in [0.717, 1.165) is 21.1 Å². The summed E-state index contributed by atoms with van der Waals surface area (Å²) in [5, 5.41) is 3.78. The van der Waals surface area contributed by atoms with Gasteiger partial charge in [0.1, 0.15) is 18.1 Å². The van der Waals surface area contributed by atoms with E-state index in [1.54, 1.807) is 0 Å². The summed E-state index contributed by atoms with van der Waals surface area (Å²) < 4.78 is 14.2. The Hall–Kier alpha value is -2.47. The van der Waals surface area contributed by atoms with Crippen LogP contribution < -0.4 is 14.8 Å². The molecule has 1 aromatic heterocycles. The van der Waals surface area contributed by atoms with Crippen molar-refractivity contribution in [1.29, 1.82) is 0 Å². The summed E-state index contributed by atoms with van der Waals surface area (Å²) in [6.45, 7) is 0.807. The number of carbonyl (C=O) groups is 1. The zero-order valence-electron chi connectivity index (χ0n) is 13.9. The van der Waals surface area contributed by atoms with Crippen LogP contribution in [0, 0.1) is 0 Å². The number of hydrogen-bond acceptors (Lipinski definition) is 3. The normalized spacial score (nSPS) is 10.6. The summed E-state index contributed by atoms with van der Waals surface area (Å²) in [5.74, 6) is 1.30. The van der Waals surface area contributed by atoms with Gasteiger partial charge in [0, 0.05) is 23.1 Å². The fourth-order valence-corrected chi connectivity index (χ4v) is 2.75. The molecule has 1 N–H and O–H groups in total. The first kappa shape index (κ1) is 17.4. The van der Waals surface area contributed by atoms with E-state index in [9.17, 15) is 4.79 Å². The predicted octanol–water partition coefficient (Wildman–Crippen LogP) is 3.51. The van der Waals surface area contributed by atoms with E-state index >= 15 is 0 Å². The second-order valence-electron chi connectivity index (χ2n) is 5.56. The maximum Gasteiger partial charge on any atom is 0.258 e. The Balaban J connectivity index is 1.42. The van der Waals surface area contributed by atoms with E-state index < -0.39 is 0 Å². The number of nitrogens with zero attached hydrogens (tertiary/aromatic N) is 1. The number of halogens is 1. The first-order valence-electron chi connectivity index (χ1n) is 7.95. The fourth-order valence-electron chi connectivity index (χ4n) is 2.48. The minimum absolute atomic E-state index is 0.0215. The quantitative estimate of drug-likeness (QED) is 0.615. The van der Waals surface area contributed by atoms with Crippen molar-refractivity contribution in [3.05, 3.63) is 59.2 Å². The van der Waals surface area contributed by atoms with Crippen molar-refractivity contribution in [2.75, 3.05) is 19.8 Å². The Morgan fingerprint density at radius 1 is 1.12 bits per heavy atom. The molecule has 1 amide bonds. The minimum atomic E-state index is -0.174. The van der Waals surface area contributed by atoms with Gasteiger partial charge in [0.15, 0.2) is 6.61 Å². The molecule has 0 saturated heterocycles. The number of benzene rings is 2. The second kappa shape index (κ2) is 8.07. The molecule has 0 aliphatic heterocycles. The van der Waals surface area contributed by atoms with Crippen molar-refractivity contribution < 1.29 is 14.3 Å². The van der Waals surface area contributed by atoms with E-state index in [1.807, 2.05) is 66.3 Å². The third-order valence-corrected chi connectivity index (χ3v) is 4.28. The third-order valence-electron chi connectivity index (χ3n) is 3.75. The van der Waals surface area contributed by atoms with Gasteiger partial charge in [0.25, 0.3) is 5.91 Å². The van der Waals surface area contributed by atoms with Gasteiger partial charge in [-0.05, 0) is 42.5 Å². The fraction of sp³-hybridized carbons (Fsp3) is 0.211. The molecular weight excluding hydrogens is 384 g/mol. The highest BCUT2D eigenvalue weighted by Gasteiger charge is 2.07.